The van der Waals surface area contributed by atoms with Gasteiger partial charge in [-0.05, 0) is 42.0 Å². The molecule has 6 heteroatoms. The third-order valence-corrected chi connectivity index (χ3v) is 4.11. The van der Waals surface area contributed by atoms with Gasteiger partial charge in [-0.1, -0.05) is 23.5 Å². The van der Waals surface area contributed by atoms with Crippen LogP contribution in [0, 0.1) is 0 Å². The Bertz CT molecular complexity index is 863. The number of H-pyrrole nitrogens is 1. The Kier molecular flexibility index (Phi) is 4.25. The van der Waals surface area contributed by atoms with Crippen molar-refractivity contribution in [2.75, 3.05) is 0 Å². The summed E-state index contributed by atoms with van der Waals surface area (Å²) in [6.45, 7) is 0. The molecule has 0 aliphatic carbocycles. The van der Waals surface area contributed by atoms with E-state index in [9.17, 15) is 14.7 Å². The summed E-state index contributed by atoms with van der Waals surface area (Å²) in [4.78, 5) is 24.5. The van der Waals surface area contributed by atoms with E-state index in [0.29, 0.717) is 28.4 Å². The molecule has 2 aromatic carbocycles. The second kappa shape index (κ2) is 6.50. The second-order valence-electron chi connectivity index (χ2n) is 4.90. The molecule has 2 N–H and O–H groups in total. The molecular formula is C17H13NO4S. The molecule has 0 amide bonds. The van der Waals surface area contributed by atoms with E-state index in [1.54, 1.807) is 24.3 Å². The van der Waals surface area contributed by atoms with Gasteiger partial charge in [0.1, 0.15) is 17.8 Å². The molecule has 5 nitrogen and oxygen atoms in total. The summed E-state index contributed by atoms with van der Waals surface area (Å²) in [6.07, 6.45) is 1.26. The maximum Gasteiger partial charge on any atom is 0.307 e. The fourth-order valence-electron chi connectivity index (χ4n) is 2.08. The number of rotatable bonds is 5. The first kappa shape index (κ1) is 15.1. The number of thiazole rings is 1. The van der Waals surface area contributed by atoms with Crippen molar-refractivity contribution in [3.63, 3.8) is 0 Å². The van der Waals surface area contributed by atoms with E-state index in [1.165, 1.54) is 0 Å². The number of aromatic hydroxyl groups is 1. The number of ether oxygens (including phenoxy) is 1. The Balaban J connectivity index is 1.70. The Hall–Kier alpha value is -2.86. The molecule has 116 valence electrons. The van der Waals surface area contributed by atoms with Crippen molar-refractivity contribution in [3.8, 4) is 17.4 Å². The second-order valence-corrected chi connectivity index (χ2v) is 5.96. The molecule has 0 saturated heterocycles. The lowest BCUT2D eigenvalue weighted by Gasteiger charge is -2.07. The highest BCUT2D eigenvalue weighted by atomic mass is 32.1. The fourth-order valence-corrected chi connectivity index (χ4v) is 2.84. The van der Waals surface area contributed by atoms with Crippen molar-refractivity contribution < 1.29 is 14.6 Å². The van der Waals surface area contributed by atoms with Crippen LogP contribution in [0.1, 0.15) is 20.8 Å². The molecule has 0 aliphatic heterocycles. The molecule has 1 heterocycles. The van der Waals surface area contributed by atoms with Gasteiger partial charge >= 0.3 is 4.87 Å². The average Bonchev–Trinajstić information content (AvgIpc) is 2.87. The summed E-state index contributed by atoms with van der Waals surface area (Å²) in [7, 11) is 0. The third kappa shape index (κ3) is 3.67. The Labute approximate surface area is 135 Å². The van der Waals surface area contributed by atoms with Crippen LogP contribution in [0.4, 0.5) is 0 Å². The smallest absolute Gasteiger partial charge is 0.307 e. The molecule has 1 aromatic heterocycles. The van der Waals surface area contributed by atoms with Gasteiger partial charge < -0.3 is 9.84 Å². The van der Waals surface area contributed by atoms with E-state index in [4.69, 9.17) is 4.74 Å². The van der Waals surface area contributed by atoms with E-state index < -0.39 is 0 Å². The standard InChI is InChI=1S/C17H13NO4S/c19-10-12-3-7-14(8-4-12)22-13-5-1-11(2-6-13)9-15-16(20)18-17(21)23-15/h1-8,10,20H,9H2,(H,18,21). The summed E-state index contributed by atoms with van der Waals surface area (Å²) < 4.78 is 5.69. The van der Waals surface area contributed by atoms with Crippen molar-refractivity contribution in [3.05, 3.63) is 74.2 Å². The van der Waals surface area contributed by atoms with Crippen LogP contribution in [0.15, 0.2) is 53.3 Å². The van der Waals surface area contributed by atoms with Crippen LogP contribution in [-0.2, 0) is 6.42 Å². The van der Waals surface area contributed by atoms with Gasteiger partial charge in [0.2, 0.25) is 5.88 Å². The summed E-state index contributed by atoms with van der Waals surface area (Å²) in [6, 6.07) is 14.2. The van der Waals surface area contributed by atoms with Crippen molar-refractivity contribution in [2.24, 2.45) is 0 Å². The van der Waals surface area contributed by atoms with E-state index in [-0.39, 0.29) is 10.8 Å². The molecule has 0 unspecified atom stereocenters. The third-order valence-electron chi connectivity index (χ3n) is 3.24. The number of carbonyl (C=O) groups is 1. The number of aromatic amines is 1. The van der Waals surface area contributed by atoms with Crippen LogP contribution in [0.25, 0.3) is 0 Å². The predicted molar refractivity (Wildman–Crippen MR) is 87.8 cm³/mol. The summed E-state index contributed by atoms with van der Waals surface area (Å²) in [5, 5.41) is 9.59. The van der Waals surface area contributed by atoms with Crippen molar-refractivity contribution in [2.45, 2.75) is 6.42 Å². The van der Waals surface area contributed by atoms with E-state index in [1.807, 2.05) is 24.3 Å². The first-order chi connectivity index (χ1) is 11.1. The number of carbonyl (C=O) groups excluding carboxylic acids is 1. The zero-order valence-electron chi connectivity index (χ0n) is 12.0. The van der Waals surface area contributed by atoms with E-state index in [0.717, 1.165) is 23.2 Å². The minimum atomic E-state index is -0.267. The normalized spacial score (nSPS) is 10.4. The molecule has 0 bridgehead atoms. The van der Waals surface area contributed by atoms with Gasteiger partial charge in [0, 0.05) is 12.0 Å². The highest BCUT2D eigenvalue weighted by Gasteiger charge is 2.07. The summed E-state index contributed by atoms with van der Waals surface area (Å²) in [5.41, 5.74) is 1.55. The van der Waals surface area contributed by atoms with Gasteiger partial charge in [-0.3, -0.25) is 14.6 Å². The lowest BCUT2D eigenvalue weighted by atomic mass is 10.1. The minimum Gasteiger partial charge on any atom is -0.494 e. The fraction of sp³-hybridized carbons (Fsp3) is 0.0588. The van der Waals surface area contributed by atoms with Gasteiger partial charge in [0.15, 0.2) is 0 Å². The van der Waals surface area contributed by atoms with Crippen molar-refractivity contribution >= 4 is 17.6 Å². The molecule has 0 saturated carbocycles. The number of aldehydes is 1. The Morgan fingerprint density at radius 2 is 1.65 bits per heavy atom. The molecule has 0 spiro atoms. The van der Waals surface area contributed by atoms with Crippen LogP contribution in [0.2, 0.25) is 0 Å². The summed E-state index contributed by atoms with van der Waals surface area (Å²) >= 11 is 0.999. The van der Waals surface area contributed by atoms with Crippen LogP contribution in [-0.4, -0.2) is 16.4 Å². The maximum absolute atomic E-state index is 11.2. The zero-order valence-corrected chi connectivity index (χ0v) is 12.8. The lowest BCUT2D eigenvalue weighted by molar-refractivity contribution is 0.112. The largest absolute Gasteiger partial charge is 0.494 e. The first-order valence-corrected chi connectivity index (χ1v) is 7.68. The molecule has 0 aliphatic rings. The Morgan fingerprint density at radius 1 is 1.04 bits per heavy atom. The lowest BCUT2D eigenvalue weighted by Crippen LogP contribution is -1.89. The van der Waals surface area contributed by atoms with E-state index in [2.05, 4.69) is 4.98 Å². The number of nitrogens with one attached hydrogen (secondary N) is 1. The van der Waals surface area contributed by atoms with Crippen LogP contribution >= 0.6 is 11.3 Å². The molecule has 0 radical (unpaired) electrons. The predicted octanol–water partition coefficient (Wildman–Crippen LogP) is 3.34. The van der Waals surface area contributed by atoms with Crippen molar-refractivity contribution in [1.29, 1.82) is 0 Å². The minimum absolute atomic E-state index is 0.0735. The van der Waals surface area contributed by atoms with Gasteiger partial charge in [0.05, 0.1) is 4.88 Å². The topological polar surface area (TPSA) is 79.4 Å². The van der Waals surface area contributed by atoms with Gasteiger partial charge in [-0.25, -0.2) is 0 Å². The monoisotopic (exact) mass is 327 g/mol. The number of hydrogen-bond donors (Lipinski definition) is 2. The summed E-state index contributed by atoms with van der Waals surface area (Å²) in [5.74, 6) is 1.24. The quantitative estimate of drug-likeness (QED) is 0.704. The SMILES string of the molecule is O=Cc1ccc(Oc2ccc(Cc3sc(=O)[nH]c3O)cc2)cc1. The number of aromatic nitrogens is 1. The Morgan fingerprint density at radius 3 is 2.17 bits per heavy atom. The van der Waals surface area contributed by atoms with Gasteiger partial charge in [-0.15, -0.1) is 0 Å². The molecule has 0 fully saturated rings. The van der Waals surface area contributed by atoms with Gasteiger partial charge in [-0.2, -0.15) is 0 Å². The van der Waals surface area contributed by atoms with E-state index >= 15 is 0 Å². The van der Waals surface area contributed by atoms with Crippen LogP contribution in [0.5, 0.6) is 17.4 Å². The van der Waals surface area contributed by atoms with Crippen LogP contribution < -0.4 is 9.61 Å². The zero-order chi connectivity index (χ0) is 16.2. The number of hydrogen-bond acceptors (Lipinski definition) is 5. The van der Waals surface area contributed by atoms with Gasteiger partial charge in [0.25, 0.3) is 0 Å². The van der Waals surface area contributed by atoms with Crippen LogP contribution in [0.3, 0.4) is 0 Å². The highest BCUT2D eigenvalue weighted by molar-refractivity contribution is 7.09. The highest BCUT2D eigenvalue weighted by Crippen LogP contribution is 2.24. The molecule has 3 aromatic rings. The molecule has 23 heavy (non-hydrogen) atoms. The molecule has 0 atom stereocenters. The number of benzene rings is 2. The average molecular weight is 327 g/mol. The van der Waals surface area contributed by atoms with Crippen molar-refractivity contribution in [1.82, 2.24) is 4.98 Å². The molecular weight excluding hydrogens is 314 g/mol. The molecule has 3 rings (SSSR count). The first-order valence-electron chi connectivity index (χ1n) is 6.87. The maximum atomic E-state index is 11.2.